The van der Waals surface area contributed by atoms with E-state index in [1.54, 1.807) is 0 Å². The number of ether oxygens (including phenoxy) is 1. The number of hydrogen-bond acceptors (Lipinski definition) is 3. The van der Waals surface area contributed by atoms with Gasteiger partial charge in [0.05, 0.1) is 6.10 Å². The van der Waals surface area contributed by atoms with Gasteiger partial charge in [-0.3, -0.25) is 4.79 Å². The van der Waals surface area contributed by atoms with Crippen LogP contribution in [-0.4, -0.2) is 24.7 Å². The summed E-state index contributed by atoms with van der Waals surface area (Å²) in [6.07, 6.45) is 4.45. The molecule has 4 N–H and O–H groups in total. The number of hydrogen-bond donors (Lipinski definition) is 2. The summed E-state index contributed by atoms with van der Waals surface area (Å²) in [4.78, 5) is 10.5. The van der Waals surface area contributed by atoms with Gasteiger partial charge in [-0.15, -0.1) is 0 Å². The van der Waals surface area contributed by atoms with Crippen molar-refractivity contribution in [3.8, 4) is 0 Å². The monoisotopic (exact) mass is 186 g/mol. The van der Waals surface area contributed by atoms with Crippen molar-refractivity contribution < 1.29 is 9.53 Å². The standard InChI is InChI=1S/C9H18N2O2/c10-7(4-5-9(11)12)8-3-1-2-6-13-8/h7-8H,1-6,10H2,(H2,11,12). The van der Waals surface area contributed by atoms with Crippen LogP contribution in [0.15, 0.2) is 0 Å². The third-order valence-corrected chi connectivity index (χ3v) is 2.42. The summed E-state index contributed by atoms with van der Waals surface area (Å²) >= 11 is 0. The molecule has 1 saturated heterocycles. The van der Waals surface area contributed by atoms with Gasteiger partial charge in [-0.25, -0.2) is 0 Å². The van der Waals surface area contributed by atoms with Gasteiger partial charge in [0.2, 0.25) is 5.91 Å². The van der Waals surface area contributed by atoms with E-state index in [0.29, 0.717) is 12.8 Å². The Bertz CT molecular complexity index is 167. The van der Waals surface area contributed by atoms with E-state index in [0.717, 1.165) is 19.4 Å². The van der Waals surface area contributed by atoms with E-state index >= 15 is 0 Å². The molecular weight excluding hydrogens is 168 g/mol. The van der Waals surface area contributed by atoms with E-state index in [-0.39, 0.29) is 18.1 Å². The Balaban J connectivity index is 2.20. The Labute approximate surface area is 78.6 Å². The summed E-state index contributed by atoms with van der Waals surface area (Å²) < 4.78 is 5.49. The second kappa shape index (κ2) is 5.19. The number of amides is 1. The molecule has 13 heavy (non-hydrogen) atoms. The zero-order chi connectivity index (χ0) is 9.68. The highest BCUT2D eigenvalue weighted by molar-refractivity contribution is 5.73. The number of rotatable bonds is 4. The lowest BCUT2D eigenvalue weighted by atomic mass is 9.99. The third-order valence-electron chi connectivity index (χ3n) is 2.42. The molecule has 4 nitrogen and oxygen atoms in total. The molecule has 0 bridgehead atoms. The summed E-state index contributed by atoms with van der Waals surface area (Å²) in [7, 11) is 0. The largest absolute Gasteiger partial charge is 0.377 e. The van der Waals surface area contributed by atoms with Crippen molar-refractivity contribution in [3.05, 3.63) is 0 Å². The van der Waals surface area contributed by atoms with Gasteiger partial charge in [0.1, 0.15) is 0 Å². The quantitative estimate of drug-likeness (QED) is 0.656. The highest BCUT2D eigenvalue weighted by Crippen LogP contribution is 2.16. The Kier molecular flexibility index (Phi) is 4.18. The molecule has 2 unspecified atom stereocenters. The summed E-state index contributed by atoms with van der Waals surface area (Å²) in [6, 6.07) is -0.0344. The van der Waals surface area contributed by atoms with Gasteiger partial charge < -0.3 is 16.2 Å². The molecule has 0 saturated carbocycles. The van der Waals surface area contributed by atoms with E-state index in [1.165, 1.54) is 6.42 Å². The first-order valence-corrected chi connectivity index (χ1v) is 4.85. The molecule has 1 heterocycles. The number of nitrogens with two attached hydrogens (primary N) is 2. The predicted octanol–water partition coefficient (Wildman–Crippen LogP) is 0.148. The topological polar surface area (TPSA) is 78.3 Å². The number of primary amides is 1. The fourth-order valence-corrected chi connectivity index (χ4v) is 1.60. The predicted molar refractivity (Wildman–Crippen MR) is 50.0 cm³/mol. The molecule has 1 aliphatic heterocycles. The first kappa shape index (κ1) is 10.5. The fraction of sp³-hybridized carbons (Fsp3) is 0.889. The van der Waals surface area contributed by atoms with Crippen LogP contribution < -0.4 is 11.5 Å². The van der Waals surface area contributed by atoms with Crippen LogP contribution >= 0.6 is 0 Å². The van der Waals surface area contributed by atoms with Gasteiger partial charge >= 0.3 is 0 Å². The molecule has 1 rings (SSSR count). The highest BCUT2D eigenvalue weighted by Gasteiger charge is 2.21. The molecule has 1 amide bonds. The maximum Gasteiger partial charge on any atom is 0.217 e. The summed E-state index contributed by atoms with van der Waals surface area (Å²) in [5.41, 5.74) is 10.9. The fourth-order valence-electron chi connectivity index (χ4n) is 1.60. The Morgan fingerprint density at radius 3 is 2.85 bits per heavy atom. The molecule has 0 radical (unpaired) electrons. The molecule has 76 valence electrons. The van der Waals surface area contributed by atoms with Crippen LogP contribution in [-0.2, 0) is 9.53 Å². The molecular formula is C9H18N2O2. The van der Waals surface area contributed by atoms with Crippen molar-refractivity contribution >= 4 is 5.91 Å². The average Bonchev–Trinajstić information content (AvgIpc) is 2.15. The lowest BCUT2D eigenvalue weighted by Gasteiger charge is -2.27. The zero-order valence-electron chi connectivity index (χ0n) is 7.87. The van der Waals surface area contributed by atoms with Crippen LogP contribution in [0.2, 0.25) is 0 Å². The molecule has 2 atom stereocenters. The number of carbonyl (C=O) groups excluding carboxylic acids is 1. The van der Waals surface area contributed by atoms with Gasteiger partial charge in [-0.2, -0.15) is 0 Å². The average molecular weight is 186 g/mol. The van der Waals surface area contributed by atoms with Crippen LogP contribution in [0.3, 0.4) is 0 Å². The molecule has 1 fully saturated rings. The second-order valence-corrected chi connectivity index (χ2v) is 3.57. The van der Waals surface area contributed by atoms with E-state index in [4.69, 9.17) is 16.2 Å². The van der Waals surface area contributed by atoms with E-state index in [9.17, 15) is 4.79 Å². The minimum atomic E-state index is -0.286. The first-order chi connectivity index (χ1) is 6.20. The molecule has 0 aromatic heterocycles. The molecule has 0 aliphatic carbocycles. The maximum atomic E-state index is 10.5. The molecule has 0 spiro atoms. The SMILES string of the molecule is NC(=O)CCC(N)C1CCCCO1. The lowest BCUT2D eigenvalue weighted by Crippen LogP contribution is -2.39. The Morgan fingerprint density at radius 1 is 1.54 bits per heavy atom. The van der Waals surface area contributed by atoms with Crippen LogP contribution in [0, 0.1) is 0 Å². The smallest absolute Gasteiger partial charge is 0.217 e. The van der Waals surface area contributed by atoms with E-state index in [2.05, 4.69) is 0 Å². The van der Waals surface area contributed by atoms with Crippen LogP contribution in [0.25, 0.3) is 0 Å². The summed E-state index contributed by atoms with van der Waals surface area (Å²) in [5.74, 6) is -0.286. The number of carbonyl (C=O) groups is 1. The van der Waals surface area contributed by atoms with Crippen molar-refractivity contribution in [2.45, 2.75) is 44.2 Å². The van der Waals surface area contributed by atoms with Gasteiger partial charge in [-0.1, -0.05) is 0 Å². The van der Waals surface area contributed by atoms with Crippen LogP contribution in [0.1, 0.15) is 32.1 Å². The Hall–Kier alpha value is -0.610. The molecule has 0 aromatic carbocycles. The van der Waals surface area contributed by atoms with Crippen molar-refractivity contribution in [1.82, 2.24) is 0 Å². The van der Waals surface area contributed by atoms with Crippen molar-refractivity contribution in [2.24, 2.45) is 11.5 Å². The minimum absolute atomic E-state index is 0.0344. The first-order valence-electron chi connectivity index (χ1n) is 4.85. The zero-order valence-corrected chi connectivity index (χ0v) is 7.87. The van der Waals surface area contributed by atoms with Gasteiger partial charge in [0.15, 0.2) is 0 Å². The lowest BCUT2D eigenvalue weighted by molar-refractivity contribution is -0.118. The van der Waals surface area contributed by atoms with Crippen LogP contribution in [0.4, 0.5) is 0 Å². The highest BCUT2D eigenvalue weighted by atomic mass is 16.5. The summed E-state index contributed by atoms with van der Waals surface area (Å²) in [5, 5.41) is 0. The Morgan fingerprint density at radius 2 is 2.31 bits per heavy atom. The third kappa shape index (κ3) is 3.74. The normalized spacial score (nSPS) is 25.5. The van der Waals surface area contributed by atoms with E-state index in [1.807, 2.05) is 0 Å². The van der Waals surface area contributed by atoms with Crippen LogP contribution in [0.5, 0.6) is 0 Å². The molecule has 1 aliphatic rings. The molecule has 0 aromatic rings. The summed E-state index contributed by atoms with van der Waals surface area (Å²) in [6.45, 7) is 0.801. The molecule has 4 heteroatoms. The van der Waals surface area contributed by atoms with Gasteiger partial charge in [0, 0.05) is 19.1 Å². The van der Waals surface area contributed by atoms with E-state index < -0.39 is 0 Å². The van der Waals surface area contributed by atoms with Crippen molar-refractivity contribution in [2.75, 3.05) is 6.61 Å². The van der Waals surface area contributed by atoms with Gasteiger partial charge in [0.25, 0.3) is 0 Å². The second-order valence-electron chi connectivity index (χ2n) is 3.57. The maximum absolute atomic E-state index is 10.5. The van der Waals surface area contributed by atoms with Crippen molar-refractivity contribution in [3.63, 3.8) is 0 Å². The minimum Gasteiger partial charge on any atom is -0.377 e. The van der Waals surface area contributed by atoms with Gasteiger partial charge in [-0.05, 0) is 25.7 Å². The van der Waals surface area contributed by atoms with Crippen molar-refractivity contribution in [1.29, 1.82) is 0 Å².